The summed E-state index contributed by atoms with van der Waals surface area (Å²) >= 11 is 0. The van der Waals surface area contributed by atoms with Crippen molar-refractivity contribution in [3.05, 3.63) is 36.4 Å². The molecule has 0 aliphatic carbocycles. The van der Waals surface area contributed by atoms with E-state index in [1.54, 1.807) is 0 Å². The molecule has 1 saturated heterocycles. The van der Waals surface area contributed by atoms with Gasteiger partial charge in [0.15, 0.2) is 12.4 Å². The van der Waals surface area contributed by atoms with Gasteiger partial charge in [0.25, 0.3) is 0 Å². The minimum Gasteiger partial charge on any atom is -0.354 e. The van der Waals surface area contributed by atoms with E-state index in [4.69, 9.17) is 4.98 Å². The summed E-state index contributed by atoms with van der Waals surface area (Å²) in [6.07, 6.45) is 4.30. The van der Waals surface area contributed by atoms with Gasteiger partial charge in [-0.25, -0.2) is 4.98 Å². The largest absolute Gasteiger partial charge is 0.354 e. The maximum absolute atomic E-state index is 5.36. The van der Waals surface area contributed by atoms with Gasteiger partial charge in [-0.1, -0.05) is 9.37 Å². The van der Waals surface area contributed by atoms with Crippen molar-refractivity contribution >= 4 is 51.3 Å². The number of rotatable bonds is 9. The monoisotopic (exact) mass is 503 g/mol. The molecule has 0 amide bonds. The van der Waals surface area contributed by atoms with Crippen molar-refractivity contribution < 1.29 is 9.37 Å². The lowest BCUT2D eigenvalue weighted by Crippen LogP contribution is -2.44. The molecule has 1 aliphatic rings. The Labute approximate surface area is 222 Å². The molecule has 198 valence electrons. The van der Waals surface area contributed by atoms with Gasteiger partial charge in [0, 0.05) is 75.1 Å². The quantitative estimate of drug-likeness (QED) is 0.175. The van der Waals surface area contributed by atoms with Crippen LogP contribution in [-0.4, -0.2) is 101 Å². The fourth-order valence-corrected chi connectivity index (χ4v) is 5.52. The molecule has 0 radical (unpaired) electrons. The van der Waals surface area contributed by atoms with Crippen LogP contribution < -0.4 is 4.90 Å². The molecule has 0 spiro atoms. The number of piperazine rings is 1. The van der Waals surface area contributed by atoms with Gasteiger partial charge in [0.05, 0.1) is 31.7 Å². The van der Waals surface area contributed by atoms with Gasteiger partial charge in [0.2, 0.25) is 11.4 Å². The molecular weight excluding hydrogens is 458 g/mol. The average Bonchev–Trinajstić information content (AvgIpc) is 2.93. The van der Waals surface area contributed by atoms with E-state index in [1.807, 2.05) is 0 Å². The molecule has 1 aliphatic heterocycles. The molecule has 1 fully saturated rings. The first-order valence-corrected chi connectivity index (χ1v) is 14.0. The molecule has 2 heterocycles. The third-order valence-electron chi connectivity index (χ3n) is 7.63. The van der Waals surface area contributed by atoms with Gasteiger partial charge >= 0.3 is 0 Å². The Hall–Kier alpha value is -3.19. The van der Waals surface area contributed by atoms with Gasteiger partial charge in [-0.15, -0.1) is 0 Å². The first kappa shape index (κ1) is 26.9. The predicted octanol–water partition coefficient (Wildman–Crippen LogP) is 5.12. The number of hydrogen-bond acceptors (Lipinski definition) is 5. The molecular formula is C30H45N7+2. The van der Waals surface area contributed by atoms with Crippen LogP contribution in [0.15, 0.2) is 36.4 Å². The number of aromatic nitrogens is 1. The van der Waals surface area contributed by atoms with E-state index in [2.05, 4.69) is 127 Å². The second-order valence-electron chi connectivity index (χ2n) is 9.64. The number of hydrazine groups is 2. The van der Waals surface area contributed by atoms with E-state index in [0.717, 1.165) is 69.4 Å². The van der Waals surface area contributed by atoms with Crippen LogP contribution in [-0.2, 0) is 0 Å². The highest BCUT2D eigenvalue weighted by Crippen LogP contribution is 2.36. The summed E-state index contributed by atoms with van der Waals surface area (Å²) in [4.78, 5) is 10.2. The van der Waals surface area contributed by atoms with Crippen molar-refractivity contribution in [3.63, 3.8) is 0 Å². The van der Waals surface area contributed by atoms with Crippen LogP contribution in [0.4, 0.5) is 17.2 Å². The molecule has 1 aromatic heterocycles. The molecule has 0 unspecified atom stereocenters. The summed E-state index contributed by atoms with van der Waals surface area (Å²) in [5.74, 6) is 1.10. The summed E-state index contributed by atoms with van der Waals surface area (Å²) in [6, 6.07) is 13.6. The Kier molecular flexibility index (Phi) is 8.64. The predicted molar refractivity (Wildman–Crippen MR) is 158 cm³/mol. The Morgan fingerprint density at radius 1 is 0.730 bits per heavy atom. The van der Waals surface area contributed by atoms with E-state index in [9.17, 15) is 0 Å². The number of nitrogens with zero attached hydrogens (tertiary/aromatic N) is 7. The average molecular weight is 504 g/mol. The number of benzene rings is 2. The Bertz CT molecular complexity index is 1280. The van der Waals surface area contributed by atoms with Crippen LogP contribution in [0.25, 0.3) is 21.7 Å². The number of hydrazone groups is 2. The van der Waals surface area contributed by atoms with Gasteiger partial charge < -0.3 is 9.80 Å². The molecule has 3 aromatic rings. The van der Waals surface area contributed by atoms with Gasteiger partial charge in [-0.05, 0) is 52.3 Å². The number of pyridine rings is 1. The lowest BCUT2D eigenvalue weighted by atomic mass is 10.0. The maximum Gasteiger partial charge on any atom is 0.237 e. The fraction of sp³-hybridized carbons (Fsp3) is 0.500. The normalized spacial score (nSPS) is 15.6. The zero-order valence-corrected chi connectivity index (χ0v) is 23.9. The molecule has 0 atom stereocenters. The smallest absolute Gasteiger partial charge is 0.237 e. The standard InChI is InChI=1S/C30H45N7/c1-8-34(9-2)36(12-5)24-14-16-26-27-17-15-25(37(13-6)35(10-3)11-4)23-29(27)31-30(28(26)22-24)33-20-18-32(7)19-21-33/h12-17,22-23H,8-11,18-21H2,1-7H3/q+2. The topological polar surface area (TPSA) is 31.9 Å². The molecule has 37 heavy (non-hydrogen) atoms. The molecule has 0 N–H and O–H groups in total. The molecule has 2 aromatic carbocycles. The highest BCUT2D eigenvalue weighted by atomic mass is 15.6. The van der Waals surface area contributed by atoms with E-state index < -0.39 is 0 Å². The molecule has 4 rings (SSSR count). The fourth-order valence-electron chi connectivity index (χ4n) is 5.52. The van der Waals surface area contributed by atoms with Crippen LogP contribution in [0.5, 0.6) is 0 Å². The van der Waals surface area contributed by atoms with Crippen LogP contribution in [0.2, 0.25) is 0 Å². The molecule has 7 heteroatoms. The molecule has 0 saturated carbocycles. The molecule has 7 nitrogen and oxygen atoms in total. The van der Waals surface area contributed by atoms with Crippen molar-refractivity contribution in [1.29, 1.82) is 0 Å². The van der Waals surface area contributed by atoms with Crippen molar-refractivity contribution in [3.8, 4) is 0 Å². The van der Waals surface area contributed by atoms with Crippen molar-refractivity contribution in [2.75, 3.05) is 64.3 Å². The van der Waals surface area contributed by atoms with Crippen LogP contribution >= 0.6 is 0 Å². The van der Waals surface area contributed by atoms with E-state index in [0.29, 0.717) is 0 Å². The summed E-state index contributed by atoms with van der Waals surface area (Å²) < 4.78 is 4.53. The van der Waals surface area contributed by atoms with E-state index >= 15 is 0 Å². The second-order valence-corrected chi connectivity index (χ2v) is 9.64. The van der Waals surface area contributed by atoms with Gasteiger partial charge in [-0.3, -0.25) is 0 Å². The van der Waals surface area contributed by atoms with Gasteiger partial charge in [0.1, 0.15) is 5.82 Å². The second kappa shape index (κ2) is 11.9. The van der Waals surface area contributed by atoms with Crippen LogP contribution in [0.3, 0.4) is 0 Å². The summed E-state index contributed by atoms with van der Waals surface area (Å²) in [5.41, 5.74) is 3.38. The van der Waals surface area contributed by atoms with Crippen molar-refractivity contribution in [1.82, 2.24) is 19.9 Å². The van der Waals surface area contributed by atoms with Crippen LogP contribution in [0.1, 0.15) is 41.5 Å². The Morgan fingerprint density at radius 2 is 1.24 bits per heavy atom. The van der Waals surface area contributed by atoms with E-state index in [1.165, 1.54) is 21.8 Å². The summed E-state index contributed by atoms with van der Waals surface area (Å²) in [5, 5.41) is 8.37. The summed E-state index contributed by atoms with van der Waals surface area (Å²) in [6.45, 7) is 20.9. The number of anilines is 1. The third kappa shape index (κ3) is 5.28. The third-order valence-corrected chi connectivity index (χ3v) is 7.63. The van der Waals surface area contributed by atoms with E-state index in [-0.39, 0.29) is 0 Å². The number of likely N-dealkylation sites (N-methyl/N-ethyl adjacent to an activating group) is 1. The lowest BCUT2D eigenvalue weighted by Gasteiger charge is -2.34. The minimum atomic E-state index is 0.955. The number of fused-ring (bicyclic) bond motifs is 3. The SMILES string of the molecule is CC=[N+](c1ccc2c(c1)nc(N1CCN(C)CC1)c1cc([N+](=CC)N(CC)CC)ccc12)N(CC)CC. The Balaban J connectivity index is 1.93. The maximum atomic E-state index is 5.36. The molecule has 0 bridgehead atoms. The van der Waals surface area contributed by atoms with Crippen molar-refractivity contribution in [2.45, 2.75) is 41.5 Å². The lowest BCUT2D eigenvalue weighted by molar-refractivity contribution is -0.619. The highest BCUT2D eigenvalue weighted by molar-refractivity contribution is 6.11. The first-order chi connectivity index (χ1) is 18.0. The zero-order valence-electron chi connectivity index (χ0n) is 23.9. The minimum absolute atomic E-state index is 0.955. The number of hydrogen-bond donors (Lipinski definition) is 0. The van der Waals surface area contributed by atoms with Crippen molar-refractivity contribution in [2.24, 2.45) is 0 Å². The highest BCUT2D eigenvalue weighted by Gasteiger charge is 2.24. The Morgan fingerprint density at radius 3 is 1.76 bits per heavy atom. The zero-order chi connectivity index (χ0) is 26.5. The van der Waals surface area contributed by atoms with Crippen LogP contribution in [0, 0.1) is 0 Å². The summed E-state index contributed by atoms with van der Waals surface area (Å²) in [7, 11) is 2.20. The van der Waals surface area contributed by atoms with Gasteiger partial charge in [-0.2, -0.15) is 10.0 Å². The first-order valence-electron chi connectivity index (χ1n) is 14.0.